The van der Waals surface area contributed by atoms with Gasteiger partial charge in [0.2, 0.25) is 0 Å². The lowest BCUT2D eigenvalue weighted by Crippen LogP contribution is -2.47. The fourth-order valence-electron chi connectivity index (χ4n) is 2.85. The van der Waals surface area contributed by atoms with E-state index in [-0.39, 0.29) is 17.2 Å². The predicted octanol–water partition coefficient (Wildman–Crippen LogP) is 2.27. The van der Waals surface area contributed by atoms with Crippen LogP contribution in [0.3, 0.4) is 0 Å². The molecule has 0 bridgehead atoms. The summed E-state index contributed by atoms with van der Waals surface area (Å²) >= 11 is 0. The summed E-state index contributed by atoms with van der Waals surface area (Å²) in [6.45, 7) is -0.902. The van der Waals surface area contributed by atoms with Gasteiger partial charge >= 0.3 is 6.61 Å². The Morgan fingerprint density at radius 1 is 1.18 bits per heavy atom. The molecule has 2 aliphatic heterocycles. The van der Waals surface area contributed by atoms with Crippen LogP contribution in [0.5, 0.6) is 5.75 Å². The third kappa shape index (κ3) is 3.05. The van der Waals surface area contributed by atoms with Crippen LogP contribution in [0.15, 0.2) is 24.3 Å². The van der Waals surface area contributed by atoms with E-state index in [9.17, 15) is 13.6 Å². The fourth-order valence-corrected chi connectivity index (χ4v) is 2.85. The first-order chi connectivity index (χ1) is 10.6. The molecule has 0 atom stereocenters. The molecule has 7 heteroatoms. The van der Waals surface area contributed by atoms with Gasteiger partial charge < -0.3 is 19.1 Å². The van der Waals surface area contributed by atoms with Gasteiger partial charge in [0.1, 0.15) is 5.75 Å². The molecule has 3 rings (SSSR count). The Labute approximate surface area is 126 Å². The second kappa shape index (κ2) is 6.18. The van der Waals surface area contributed by atoms with Crippen molar-refractivity contribution in [3.05, 3.63) is 29.8 Å². The van der Waals surface area contributed by atoms with E-state index in [0.29, 0.717) is 39.1 Å². The van der Waals surface area contributed by atoms with Crippen LogP contribution in [0.25, 0.3) is 0 Å². The Morgan fingerprint density at radius 3 is 2.45 bits per heavy atom. The van der Waals surface area contributed by atoms with E-state index in [1.807, 2.05) is 0 Å². The van der Waals surface area contributed by atoms with Gasteiger partial charge in [0.15, 0.2) is 5.79 Å². The summed E-state index contributed by atoms with van der Waals surface area (Å²) in [5.74, 6) is -0.990. The maximum atomic E-state index is 12.5. The first kappa shape index (κ1) is 15.2. The molecule has 2 fully saturated rings. The minimum Gasteiger partial charge on any atom is -0.434 e. The van der Waals surface area contributed by atoms with Gasteiger partial charge in [-0.15, -0.1) is 0 Å². The highest BCUT2D eigenvalue weighted by Gasteiger charge is 2.41. The zero-order valence-corrected chi connectivity index (χ0v) is 12.0. The Balaban J connectivity index is 1.70. The number of rotatable bonds is 3. The van der Waals surface area contributed by atoms with Crippen LogP contribution in [0, 0.1) is 0 Å². The highest BCUT2D eigenvalue weighted by atomic mass is 19.3. The minimum absolute atomic E-state index is 0.101. The predicted molar refractivity (Wildman–Crippen MR) is 72.8 cm³/mol. The van der Waals surface area contributed by atoms with E-state index < -0.39 is 12.4 Å². The number of likely N-dealkylation sites (tertiary alicyclic amines) is 1. The highest BCUT2D eigenvalue weighted by Crippen LogP contribution is 2.32. The van der Waals surface area contributed by atoms with E-state index in [1.54, 1.807) is 17.0 Å². The Bertz CT molecular complexity index is 536. The van der Waals surface area contributed by atoms with Crippen molar-refractivity contribution < 1.29 is 27.8 Å². The van der Waals surface area contributed by atoms with Gasteiger partial charge in [-0.3, -0.25) is 4.79 Å². The van der Waals surface area contributed by atoms with Crippen molar-refractivity contribution in [3.63, 3.8) is 0 Å². The van der Waals surface area contributed by atoms with Crippen molar-refractivity contribution in [2.24, 2.45) is 0 Å². The normalized spacial score (nSPS) is 20.6. The molecule has 0 aliphatic carbocycles. The van der Waals surface area contributed by atoms with Crippen LogP contribution in [-0.2, 0) is 9.47 Å². The standard InChI is InChI=1S/C15H17F2NO4/c16-14(17)22-12-4-2-1-3-11(12)13(19)18-7-5-15(6-8-18)20-9-10-21-15/h1-4,14H,5-10H2. The zero-order chi connectivity index (χ0) is 15.6. The number of benzene rings is 1. The Kier molecular flexibility index (Phi) is 4.26. The van der Waals surface area contributed by atoms with Gasteiger partial charge in [0, 0.05) is 25.9 Å². The molecular weight excluding hydrogens is 296 g/mol. The number of amides is 1. The molecule has 120 valence electrons. The Hall–Kier alpha value is -1.73. The number of carbonyl (C=O) groups is 1. The molecule has 1 aromatic carbocycles. The van der Waals surface area contributed by atoms with Gasteiger partial charge in [-0.05, 0) is 12.1 Å². The molecule has 1 amide bonds. The summed E-state index contributed by atoms with van der Waals surface area (Å²) in [6, 6.07) is 6.04. The number of nitrogens with zero attached hydrogens (tertiary/aromatic N) is 1. The van der Waals surface area contributed by atoms with Crippen LogP contribution in [0.2, 0.25) is 0 Å². The SMILES string of the molecule is O=C(c1ccccc1OC(F)F)N1CCC2(CC1)OCCO2. The monoisotopic (exact) mass is 313 g/mol. The fraction of sp³-hybridized carbons (Fsp3) is 0.533. The van der Waals surface area contributed by atoms with Gasteiger partial charge in [0.05, 0.1) is 18.8 Å². The molecule has 0 saturated carbocycles. The lowest BCUT2D eigenvalue weighted by molar-refractivity contribution is -0.181. The zero-order valence-electron chi connectivity index (χ0n) is 12.0. The average molecular weight is 313 g/mol. The minimum atomic E-state index is -2.96. The smallest absolute Gasteiger partial charge is 0.387 e. The number of carbonyl (C=O) groups excluding carboxylic acids is 1. The third-order valence-electron chi connectivity index (χ3n) is 3.96. The van der Waals surface area contributed by atoms with E-state index in [2.05, 4.69) is 4.74 Å². The Morgan fingerprint density at radius 2 is 1.82 bits per heavy atom. The number of piperidine rings is 1. The molecule has 1 spiro atoms. The van der Waals surface area contributed by atoms with E-state index >= 15 is 0 Å². The largest absolute Gasteiger partial charge is 0.434 e. The van der Waals surface area contributed by atoms with Crippen molar-refractivity contribution in [2.75, 3.05) is 26.3 Å². The third-order valence-corrected chi connectivity index (χ3v) is 3.96. The number of hydrogen-bond donors (Lipinski definition) is 0. The number of hydrogen-bond acceptors (Lipinski definition) is 4. The van der Waals surface area contributed by atoms with Crippen molar-refractivity contribution in [1.29, 1.82) is 0 Å². The summed E-state index contributed by atoms with van der Waals surface area (Å²) in [7, 11) is 0. The van der Waals surface area contributed by atoms with Gasteiger partial charge in [-0.25, -0.2) is 0 Å². The summed E-state index contributed by atoms with van der Waals surface area (Å²) < 4.78 is 40.5. The molecule has 0 radical (unpaired) electrons. The second-order valence-electron chi connectivity index (χ2n) is 5.27. The summed E-state index contributed by atoms with van der Waals surface area (Å²) in [5.41, 5.74) is 0.145. The molecular formula is C15H17F2NO4. The molecule has 0 N–H and O–H groups in total. The van der Waals surface area contributed by atoms with Gasteiger partial charge in [-0.1, -0.05) is 12.1 Å². The topological polar surface area (TPSA) is 48.0 Å². The first-order valence-corrected chi connectivity index (χ1v) is 7.21. The van der Waals surface area contributed by atoms with Crippen molar-refractivity contribution in [1.82, 2.24) is 4.90 Å². The second-order valence-corrected chi connectivity index (χ2v) is 5.27. The molecule has 0 aromatic heterocycles. The molecule has 1 aromatic rings. The highest BCUT2D eigenvalue weighted by molar-refractivity contribution is 5.97. The lowest BCUT2D eigenvalue weighted by Gasteiger charge is -2.37. The van der Waals surface area contributed by atoms with Crippen molar-refractivity contribution >= 4 is 5.91 Å². The van der Waals surface area contributed by atoms with Crippen molar-refractivity contribution in [2.45, 2.75) is 25.2 Å². The number of ether oxygens (including phenoxy) is 3. The summed E-state index contributed by atoms with van der Waals surface area (Å²) in [4.78, 5) is 14.1. The van der Waals surface area contributed by atoms with Crippen LogP contribution in [-0.4, -0.2) is 49.5 Å². The molecule has 0 unspecified atom stereocenters. The van der Waals surface area contributed by atoms with Crippen LogP contribution < -0.4 is 4.74 Å². The number of para-hydroxylation sites is 1. The van der Waals surface area contributed by atoms with Crippen molar-refractivity contribution in [3.8, 4) is 5.75 Å². The molecule has 5 nitrogen and oxygen atoms in total. The lowest BCUT2D eigenvalue weighted by atomic mass is 10.0. The maximum Gasteiger partial charge on any atom is 0.387 e. The van der Waals surface area contributed by atoms with Crippen LogP contribution in [0.4, 0.5) is 8.78 Å². The number of alkyl halides is 2. The average Bonchev–Trinajstić information content (AvgIpc) is 2.96. The summed E-state index contributed by atoms with van der Waals surface area (Å²) in [5, 5.41) is 0. The molecule has 22 heavy (non-hydrogen) atoms. The van der Waals surface area contributed by atoms with Crippen LogP contribution >= 0.6 is 0 Å². The van der Waals surface area contributed by atoms with E-state index in [0.717, 1.165) is 0 Å². The number of halogens is 2. The van der Waals surface area contributed by atoms with Gasteiger partial charge in [-0.2, -0.15) is 8.78 Å². The summed E-state index contributed by atoms with van der Waals surface area (Å²) in [6.07, 6.45) is 1.16. The first-order valence-electron chi connectivity index (χ1n) is 7.21. The molecule has 2 saturated heterocycles. The molecule has 2 heterocycles. The van der Waals surface area contributed by atoms with E-state index in [4.69, 9.17) is 9.47 Å². The van der Waals surface area contributed by atoms with Crippen LogP contribution in [0.1, 0.15) is 23.2 Å². The maximum absolute atomic E-state index is 12.5. The quantitative estimate of drug-likeness (QED) is 0.859. The van der Waals surface area contributed by atoms with Gasteiger partial charge in [0.25, 0.3) is 5.91 Å². The molecule has 2 aliphatic rings. The van der Waals surface area contributed by atoms with E-state index in [1.165, 1.54) is 12.1 Å².